The van der Waals surface area contributed by atoms with E-state index in [1.807, 2.05) is 63.5 Å². The first-order valence-corrected chi connectivity index (χ1v) is 15.3. The Kier molecular flexibility index (Phi) is 11.9. The maximum Gasteiger partial charge on any atom is 0.261 e. The van der Waals surface area contributed by atoms with E-state index >= 15 is 0 Å². The molecule has 8 heteroatoms. The predicted octanol–water partition coefficient (Wildman–Crippen LogP) is 5.22. The Hall–Kier alpha value is -4.04. The molecule has 0 bridgehead atoms. The summed E-state index contributed by atoms with van der Waals surface area (Å²) in [6.45, 7) is 7.07. The van der Waals surface area contributed by atoms with Crippen LogP contribution >= 0.6 is 0 Å². The van der Waals surface area contributed by atoms with Crippen molar-refractivity contribution >= 4 is 17.5 Å². The number of carbonyl (C=O) groups excluding carboxylic acids is 2. The largest absolute Gasteiger partial charge is 0.493 e. The second kappa shape index (κ2) is 16.0. The lowest BCUT2D eigenvalue weighted by molar-refractivity contribution is -0.142. The van der Waals surface area contributed by atoms with Gasteiger partial charge in [0.25, 0.3) is 5.91 Å². The van der Waals surface area contributed by atoms with Crippen LogP contribution in [0, 0.1) is 6.92 Å². The summed E-state index contributed by atoms with van der Waals surface area (Å²) < 4.78 is 11.7. The standard InChI is InChI=1S/C35H46N4O4/c1-5-20-42-33-18-13-29(21-26(33)2)24-39(32-8-6-7-19-37-35(32)41)34(40)25-43-31-16-11-28(12-17-31)23-36-22-27-9-14-30(15-10-27)38(3)4/h9-18,21,32,36H,5-8,19-20,22-25H2,1-4H3,(H,37,41)/t32-/m0/s1. The van der Waals surface area contributed by atoms with Gasteiger partial charge in [-0.3, -0.25) is 9.59 Å². The Morgan fingerprint density at radius 1 is 0.930 bits per heavy atom. The molecule has 0 unspecified atom stereocenters. The summed E-state index contributed by atoms with van der Waals surface area (Å²) in [6.07, 6.45) is 3.36. The zero-order valence-corrected chi connectivity index (χ0v) is 26.0. The van der Waals surface area contributed by atoms with Crippen LogP contribution in [0.15, 0.2) is 66.7 Å². The van der Waals surface area contributed by atoms with Gasteiger partial charge in [-0.15, -0.1) is 0 Å². The molecule has 1 heterocycles. The van der Waals surface area contributed by atoms with Gasteiger partial charge in [-0.2, -0.15) is 0 Å². The third-order valence-electron chi connectivity index (χ3n) is 7.65. The van der Waals surface area contributed by atoms with Crippen molar-refractivity contribution in [1.29, 1.82) is 0 Å². The number of nitrogens with one attached hydrogen (secondary N) is 2. The molecule has 0 aliphatic carbocycles. The van der Waals surface area contributed by atoms with E-state index in [1.165, 1.54) is 11.3 Å². The van der Waals surface area contributed by atoms with E-state index in [0.29, 0.717) is 31.9 Å². The smallest absolute Gasteiger partial charge is 0.261 e. The molecule has 2 amide bonds. The highest BCUT2D eigenvalue weighted by Gasteiger charge is 2.31. The molecule has 3 aromatic carbocycles. The molecule has 8 nitrogen and oxygen atoms in total. The number of ether oxygens (including phenoxy) is 2. The maximum absolute atomic E-state index is 13.6. The molecule has 43 heavy (non-hydrogen) atoms. The minimum absolute atomic E-state index is 0.101. The Balaban J connectivity index is 1.34. The molecule has 1 fully saturated rings. The van der Waals surface area contributed by atoms with Crippen molar-refractivity contribution in [3.63, 3.8) is 0 Å². The van der Waals surface area contributed by atoms with Gasteiger partial charge in [0.05, 0.1) is 6.61 Å². The van der Waals surface area contributed by atoms with Crippen LogP contribution in [0.25, 0.3) is 0 Å². The molecular weight excluding hydrogens is 540 g/mol. The van der Waals surface area contributed by atoms with E-state index in [-0.39, 0.29) is 18.4 Å². The van der Waals surface area contributed by atoms with Crippen LogP contribution < -0.4 is 25.0 Å². The maximum atomic E-state index is 13.6. The molecule has 3 aromatic rings. The Labute approximate surface area is 256 Å². The van der Waals surface area contributed by atoms with Crippen molar-refractivity contribution in [2.45, 2.75) is 65.2 Å². The van der Waals surface area contributed by atoms with Gasteiger partial charge < -0.3 is 29.9 Å². The van der Waals surface area contributed by atoms with Gasteiger partial charge in [-0.05, 0) is 85.2 Å². The van der Waals surface area contributed by atoms with Crippen molar-refractivity contribution in [1.82, 2.24) is 15.5 Å². The number of rotatable bonds is 14. The Bertz CT molecular complexity index is 1320. The Morgan fingerprint density at radius 3 is 2.26 bits per heavy atom. The lowest BCUT2D eigenvalue weighted by atomic mass is 10.1. The highest BCUT2D eigenvalue weighted by molar-refractivity contribution is 5.88. The number of benzene rings is 3. The van der Waals surface area contributed by atoms with Crippen LogP contribution in [-0.2, 0) is 29.2 Å². The van der Waals surface area contributed by atoms with Crippen LogP contribution in [0.4, 0.5) is 5.69 Å². The van der Waals surface area contributed by atoms with Crippen molar-refractivity contribution in [3.05, 3.63) is 89.0 Å². The average Bonchev–Trinajstić information content (AvgIpc) is 3.23. The fourth-order valence-electron chi connectivity index (χ4n) is 5.17. The van der Waals surface area contributed by atoms with Crippen LogP contribution in [-0.4, -0.2) is 56.6 Å². The molecule has 0 saturated carbocycles. The molecule has 0 spiro atoms. The second-order valence-electron chi connectivity index (χ2n) is 11.4. The summed E-state index contributed by atoms with van der Waals surface area (Å²) in [5.41, 5.74) is 5.50. The molecule has 1 saturated heterocycles. The van der Waals surface area contributed by atoms with Crippen molar-refractivity contribution in [3.8, 4) is 11.5 Å². The van der Waals surface area contributed by atoms with Gasteiger partial charge in [-0.1, -0.05) is 43.3 Å². The third-order valence-corrected chi connectivity index (χ3v) is 7.65. The number of nitrogens with zero attached hydrogens (tertiary/aromatic N) is 2. The van der Waals surface area contributed by atoms with Gasteiger partial charge in [0, 0.05) is 46.0 Å². The van der Waals surface area contributed by atoms with Crippen LogP contribution in [0.3, 0.4) is 0 Å². The van der Waals surface area contributed by atoms with E-state index in [0.717, 1.165) is 54.8 Å². The van der Waals surface area contributed by atoms with Gasteiger partial charge in [0.2, 0.25) is 5.91 Å². The highest BCUT2D eigenvalue weighted by Crippen LogP contribution is 2.23. The zero-order valence-electron chi connectivity index (χ0n) is 26.0. The van der Waals surface area contributed by atoms with E-state index in [4.69, 9.17) is 9.47 Å². The van der Waals surface area contributed by atoms with E-state index in [2.05, 4.69) is 46.7 Å². The summed E-state index contributed by atoms with van der Waals surface area (Å²) >= 11 is 0. The lowest BCUT2D eigenvalue weighted by Gasteiger charge is -2.30. The number of carbonyl (C=O) groups is 2. The first-order chi connectivity index (χ1) is 20.8. The van der Waals surface area contributed by atoms with Crippen molar-refractivity contribution in [2.24, 2.45) is 0 Å². The van der Waals surface area contributed by atoms with Gasteiger partial charge in [0.15, 0.2) is 6.61 Å². The number of aryl methyl sites for hydroxylation is 1. The van der Waals surface area contributed by atoms with Crippen molar-refractivity contribution < 1.29 is 19.1 Å². The third kappa shape index (κ3) is 9.48. The highest BCUT2D eigenvalue weighted by atomic mass is 16.5. The SMILES string of the molecule is CCCOc1ccc(CN(C(=O)COc2ccc(CNCc3ccc(N(C)C)cc3)cc2)[C@H]2CCCCNC2=O)cc1C. The molecule has 0 radical (unpaired) electrons. The average molecular weight is 587 g/mol. The lowest BCUT2D eigenvalue weighted by Crippen LogP contribution is -2.49. The molecule has 2 N–H and O–H groups in total. The zero-order chi connectivity index (χ0) is 30.6. The number of anilines is 1. The number of hydrogen-bond donors (Lipinski definition) is 2. The summed E-state index contributed by atoms with van der Waals surface area (Å²) in [5.74, 6) is 1.15. The summed E-state index contributed by atoms with van der Waals surface area (Å²) in [6, 6.07) is 21.7. The van der Waals surface area contributed by atoms with E-state index in [1.54, 1.807) is 4.90 Å². The minimum atomic E-state index is -0.526. The second-order valence-corrected chi connectivity index (χ2v) is 11.4. The molecule has 1 atom stereocenters. The molecular formula is C35H46N4O4. The molecule has 1 aliphatic heterocycles. The molecule has 1 aliphatic rings. The van der Waals surface area contributed by atoms with Crippen LogP contribution in [0.5, 0.6) is 11.5 Å². The normalized spacial score (nSPS) is 14.9. The van der Waals surface area contributed by atoms with Crippen LogP contribution in [0.1, 0.15) is 54.9 Å². The summed E-state index contributed by atoms with van der Waals surface area (Å²) in [5, 5.41) is 6.45. The van der Waals surface area contributed by atoms with Crippen LogP contribution in [0.2, 0.25) is 0 Å². The summed E-state index contributed by atoms with van der Waals surface area (Å²) in [4.78, 5) is 30.3. The quantitative estimate of drug-likeness (QED) is 0.270. The van der Waals surface area contributed by atoms with E-state index in [9.17, 15) is 9.59 Å². The number of amides is 2. The fraction of sp³-hybridized carbons (Fsp3) is 0.429. The van der Waals surface area contributed by atoms with E-state index < -0.39 is 6.04 Å². The first-order valence-electron chi connectivity index (χ1n) is 15.3. The minimum Gasteiger partial charge on any atom is -0.493 e. The van der Waals surface area contributed by atoms with Gasteiger partial charge in [0.1, 0.15) is 17.5 Å². The summed E-state index contributed by atoms with van der Waals surface area (Å²) in [7, 11) is 4.07. The molecule has 0 aromatic heterocycles. The molecule has 230 valence electrons. The van der Waals surface area contributed by atoms with Gasteiger partial charge >= 0.3 is 0 Å². The topological polar surface area (TPSA) is 83.1 Å². The molecule has 4 rings (SSSR count). The first kappa shape index (κ1) is 31.9. The fourth-order valence-corrected chi connectivity index (χ4v) is 5.17. The van der Waals surface area contributed by atoms with Crippen molar-refractivity contribution in [2.75, 3.05) is 38.8 Å². The predicted molar refractivity (Wildman–Crippen MR) is 171 cm³/mol. The van der Waals surface area contributed by atoms with Gasteiger partial charge in [-0.25, -0.2) is 0 Å². The monoisotopic (exact) mass is 586 g/mol. The number of hydrogen-bond acceptors (Lipinski definition) is 6. The Morgan fingerprint density at radius 2 is 1.60 bits per heavy atom.